The van der Waals surface area contributed by atoms with Gasteiger partial charge in [0.2, 0.25) is 0 Å². The van der Waals surface area contributed by atoms with Crippen molar-refractivity contribution in [2.24, 2.45) is 0 Å². The number of carboxylic acids is 1. The van der Waals surface area contributed by atoms with Crippen LogP contribution in [0.3, 0.4) is 0 Å². The van der Waals surface area contributed by atoms with Gasteiger partial charge >= 0.3 is 5.97 Å². The smallest absolute Gasteiger partial charge is 0.341 e. The van der Waals surface area contributed by atoms with E-state index in [1.807, 2.05) is 0 Å². The molecule has 0 amide bonds. The molecule has 0 aliphatic rings. The van der Waals surface area contributed by atoms with E-state index in [4.69, 9.17) is 9.84 Å². The van der Waals surface area contributed by atoms with Crippen LogP contribution in [0.4, 0.5) is 0 Å². The Labute approximate surface area is 103 Å². The van der Waals surface area contributed by atoms with Crippen LogP contribution in [0.25, 0.3) is 0 Å². The van der Waals surface area contributed by atoms with Gasteiger partial charge in [-0.3, -0.25) is 0 Å². The summed E-state index contributed by atoms with van der Waals surface area (Å²) in [6.07, 6.45) is 0.803. The van der Waals surface area contributed by atoms with E-state index in [-0.39, 0.29) is 6.61 Å². The molecule has 0 unspecified atom stereocenters. The number of benzene rings is 1. The van der Waals surface area contributed by atoms with E-state index in [9.17, 15) is 4.79 Å². The average molecular weight is 283 g/mol. The number of hydrogen-bond acceptors (Lipinski definition) is 2. The molecule has 0 radical (unpaired) electrons. The van der Waals surface area contributed by atoms with Crippen LogP contribution in [0.5, 0.6) is 5.75 Å². The van der Waals surface area contributed by atoms with Gasteiger partial charge in [0.25, 0.3) is 0 Å². The van der Waals surface area contributed by atoms with Crippen molar-refractivity contribution in [3.05, 3.63) is 29.8 Å². The molecule has 1 rings (SSSR count). The summed E-state index contributed by atoms with van der Waals surface area (Å²) in [6, 6.07) is 7.03. The first-order valence-corrected chi connectivity index (χ1v) is 5.84. The van der Waals surface area contributed by atoms with Gasteiger partial charge in [0, 0.05) is 17.3 Å². The predicted octanol–water partition coefficient (Wildman–Crippen LogP) is 2.29. The first-order chi connectivity index (χ1) is 7.72. The van der Waals surface area contributed by atoms with E-state index in [1.165, 1.54) is 0 Å². The molecule has 1 N–H and O–H groups in total. The highest BCUT2D eigenvalue weighted by Crippen LogP contribution is 2.11. The molecule has 1 aromatic carbocycles. The van der Waals surface area contributed by atoms with Gasteiger partial charge in [-0.25, -0.2) is 4.79 Å². The molecule has 0 aliphatic carbocycles. The molecule has 1 aromatic rings. The highest BCUT2D eigenvalue weighted by Gasteiger charge is 1.98. The topological polar surface area (TPSA) is 46.5 Å². The van der Waals surface area contributed by atoms with Crippen LogP contribution in [-0.2, 0) is 4.79 Å². The van der Waals surface area contributed by atoms with Crippen molar-refractivity contribution in [2.45, 2.75) is 6.42 Å². The Hall–Kier alpha value is -1.47. The molecule has 0 saturated heterocycles. The number of hydrogen-bond donors (Lipinski definition) is 1. The Balaban J connectivity index is 2.55. The highest BCUT2D eigenvalue weighted by molar-refractivity contribution is 9.09. The minimum absolute atomic E-state index is 0.325. The second kappa shape index (κ2) is 6.91. The molecule has 0 atom stereocenters. The van der Waals surface area contributed by atoms with Crippen molar-refractivity contribution in [1.29, 1.82) is 0 Å². The van der Waals surface area contributed by atoms with E-state index in [0.717, 1.165) is 17.3 Å². The number of carbonyl (C=O) groups is 1. The molecule has 0 bridgehead atoms. The molecule has 4 heteroatoms. The van der Waals surface area contributed by atoms with Gasteiger partial charge in [-0.2, -0.15) is 0 Å². The normalized spacial score (nSPS) is 9.06. The quantitative estimate of drug-likeness (QED) is 0.681. The van der Waals surface area contributed by atoms with Crippen LogP contribution >= 0.6 is 15.9 Å². The lowest BCUT2D eigenvalue weighted by molar-refractivity contribution is -0.139. The molecule has 0 fully saturated rings. The summed E-state index contributed by atoms with van der Waals surface area (Å²) in [4.78, 5) is 10.3. The first-order valence-electron chi connectivity index (χ1n) is 4.72. The zero-order valence-electron chi connectivity index (χ0n) is 8.57. The Bertz CT molecular complexity index is 401. The predicted molar refractivity (Wildman–Crippen MR) is 64.9 cm³/mol. The third-order valence-corrected chi connectivity index (χ3v) is 2.07. The van der Waals surface area contributed by atoms with E-state index < -0.39 is 5.97 Å². The number of alkyl halides is 1. The average Bonchev–Trinajstić information content (AvgIpc) is 2.28. The van der Waals surface area contributed by atoms with Crippen LogP contribution in [0.2, 0.25) is 0 Å². The maximum absolute atomic E-state index is 10.3. The minimum Gasteiger partial charge on any atom is -0.482 e. The van der Waals surface area contributed by atoms with Gasteiger partial charge in [0.15, 0.2) is 6.61 Å². The number of aliphatic carboxylic acids is 1. The van der Waals surface area contributed by atoms with Crippen LogP contribution in [0, 0.1) is 11.8 Å². The summed E-state index contributed by atoms with van der Waals surface area (Å²) < 4.78 is 4.99. The summed E-state index contributed by atoms with van der Waals surface area (Å²) >= 11 is 3.29. The molecular formula is C12H11BrO3. The standard InChI is InChI=1S/C12H11BrO3/c13-8-2-1-3-10-4-6-11(7-5-10)16-9-12(14)15/h4-7H,2,8-9H2,(H,14,15). The van der Waals surface area contributed by atoms with Gasteiger partial charge in [-0.05, 0) is 24.3 Å². The van der Waals surface area contributed by atoms with Gasteiger partial charge in [-0.15, -0.1) is 0 Å². The van der Waals surface area contributed by atoms with Crippen LogP contribution in [0.1, 0.15) is 12.0 Å². The van der Waals surface area contributed by atoms with Crippen molar-refractivity contribution >= 4 is 21.9 Å². The van der Waals surface area contributed by atoms with E-state index in [0.29, 0.717) is 5.75 Å². The largest absolute Gasteiger partial charge is 0.482 e. The van der Waals surface area contributed by atoms with Crippen molar-refractivity contribution in [2.75, 3.05) is 11.9 Å². The maximum Gasteiger partial charge on any atom is 0.341 e. The van der Waals surface area contributed by atoms with Gasteiger partial charge < -0.3 is 9.84 Å². The summed E-state index contributed by atoms with van der Waals surface area (Å²) in [7, 11) is 0. The van der Waals surface area contributed by atoms with Crippen molar-refractivity contribution in [3.63, 3.8) is 0 Å². The third-order valence-electron chi connectivity index (χ3n) is 1.67. The summed E-state index contributed by atoms with van der Waals surface area (Å²) in [5.41, 5.74) is 0.892. The Morgan fingerprint density at radius 2 is 2.06 bits per heavy atom. The number of rotatable bonds is 4. The molecule has 3 nitrogen and oxygen atoms in total. The Morgan fingerprint density at radius 3 is 2.62 bits per heavy atom. The highest BCUT2D eigenvalue weighted by atomic mass is 79.9. The SMILES string of the molecule is O=C(O)COc1ccc(C#CCCBr)cc1. The lowest BCUT2D eigenvalue weighted by Gasteiger charge is -2.01. The zero-order chi connectivity index (χ0) is 11.8. The monoisotopic (exact) mass is 282 g/mol. The van der Waals surface area contributed by atoms with E-state index in [1.54, 1.807) is 24.3 Å². The maximum atomic E-state index is 10.3. The van der Waals surface area contributed by atoms with Crippen LogP contribution in [-0.4, -0.2) is 23.0 Å². The molecule has 16 heavy (non-hydrogen) atoms. The lowest BCUT2D eigenvalue weighted by atomic mass is 10.2. The summed E-state index contributed by atoms with van der Waals surface area (Å²) in [6.45, 7) is -0.325. The van der Waals surface area contributed by atoms with Crippen molar-refractivity contribution in [1.82, 2.24) is 0 Å². The van der Waals surface area contributed by atoms with Gasteiger partial charge in [0.05, 0.1) is 0 Å². The van der Waals surface area contributed by atoms with Crippen LogP contribution in [0.15, 0.2) is 24.3 Å². The molecule has 0 saturated carbocycles. The fourth-order valence-electron chi connectivity index (χ4n) is 0.991. The summed E-state index contributed by atoms with van der Waals surface area (Å²) in [5, 5.41) is 9.28. The Kier molecular flexibility index (Phi) is 5.44. The van der Waals surface area contributed by atoms with Crippen molar-refractivity contribution in [3.8, 4) is 17.6 Å². The second-order valence-electron chi connectivity index (χ2n) is 2.95. The number of carboxylic acid groups (broad SMARTS) is 1. The molecule has 0 heterocycles. The van der Waals surface area contributed by atoms with Crippen LogP contribution < -0.4 is 4.74 Å². The zero-order valence-corrected chi connectivity index (χ0v) is 10.2. The van der Waals surface area contributed by atoms with E-state index >= 15 is 0 Å². The van der Waals surface area contributed by atoms with Crippen molar-refractivity contribution < 1.29 is 14.6 Å². The number of halogens is 1. The van der Waals surface area contributed by atoms with Gasteiger partial charge in [0.1, 0.15) is 5.75 Å². The minimum atomic E-state index is -0.985. The molecule has 84 valence electrons. The van der Waals surface area contributed by atoms with E-state index in [2.05, 4.69) is 27.8 Å². The Morgan fingerprint density at radius 1 is 1.38 bits per heavy atom. The third kappa shape index (κ3) is 4.85. The second-order valence-corrected chi connectivity index (χ2v) is 3.74. The van der Waals surface area contributed by atoms with Gasteiger partial charge in [-0.1, -0.05) is 27.8 Å². The molecular weight excluding hydrogens is 272 g/mol. The number of ether oxygens (including phenoxy) is 1. The molecule has 0 spiro atoms. The summed E-state index contributed by atoms with van der Waals surface area (Å²) in [5.74, 6) is 5.53. The fraction of sp³-hybridized carbons (Fsp3) is 0.250. The fourth-order valence-corrected chi connectivity index (χ4v) is 1.19. The molecule has 0 aliphatic heterocycles. The first kappa shape index (κ1) is 12.6. The molecule has 0 aromatic heterocycles. The lowest BCUT2D eigenvalue weighted by Crippen LogP contribution is -2.09.